The van der Waals surface area contributed by atoms with E-state index in [1.165, 1.54) is 35.3 Å². The maximum atomic E-state index is 12.7. The Morgan fingerprint density at radius 2 is 1.83 bits per heavy atom. The highest BCUT2D eigenvalue weighted by molar-refractivity contribution is 5.79. The molecule has 0 saturated carbocycles. The normalized spacial score (nSPS) is 11.7. The summed E-state index contributed by atoms with van der Waals surface area (Å²) in [5.74, 6) is 0.156. The van der Waals surface area contributed by atoms with Gasteiger partial charge in [-0.1, -0.05) is 0 Å². The first kappa shape index (κ1) is 19.2. The van der Waals surface area contributed by atoms with Gasteiger partial charge in [0, 0.05) is 12.1 Å². The van der Waals surface area contributed by atoms with Crippen molar-refractivity contribution >= 4 is 16.6 Å². The van der Waals surface area contributed by atoms with Crippen LogP contribution in [-0.4, -0.2) is 34.7 Å². The molecule has 30 heavy (non-hydrogen) atoms. The van der Waals surface area contributed by atoms with Crippen molar-refractivity contribution in [2.24, 2.45) is 0 Å². The van der Waals surface area contributed by atoms with Crippen LogP contribution in [0.25, 0.3) is 16.6 Å². The molecule has 0 unspecified atom stereocenters. The first-order valence-electron chi connectivity index (χ1n) is 8.32. The van der Waals surface area contributed by atoms with Crippen molar-refractivity contribution in [3.05, 3.63) is 80.6 Å². The molecule has 2 heterocycles. The van der Waals surface area contributed by atoms with E-state index in [9.17, 15) is 28.1 Å². The fraction of sp³-hybridized carbons (Fsp3) is 0.118. The number of tetrazole rings is 1. The highest BCUT2D eigenvalue weighted by Crippen LogP contribution is 2.29. The lowest BCUT2D eigenvalue weighted by molar-refractivity contribution is -0.384. The van der Waals surface area contributed by atoms with Gasteiger partial charge in [-0.25, -0.2) is 4.98 Å². The molecule has 0 aliphatic heterocycles. The van der Waals surface area contributed by atoms with E-state index in [1.807, 2.05) is 0 Å². The van der Waals surface area contributed by atoms with Crippen LogP contribution in [0, 0.1) is 10.1 Å². The average Bonchev–Trinajstić information content (AvgIpc) is 3.17. The molecule has 0 amide bonds. The maximum Gasteiger partial charge on any atom is 0.416 e. The summed E-state index contributed by atoms with van der Waals surface area (Å²) >= 11 is 0. The smallest absolute Gasteiger partial charge is 0.291 e. The van der Waals surface area contributed by atoms with Gasteiger partial charge in [-0.3, -0.25) is 19.5 Å². The van der Waals surface area contributed by atoms with Crippen LogP contribution in [-0.2, 0) is 12.7 Å². The second kappa shape index (κ2) is 7.02. The summed E-state index contributed by atoms with van der Waals surface area (Å²) in [5.41, 5.74) is -1.08. The molecule has 4 rings (SSSR count). The quantitative estimate of drug-likeness (QED) is 0.369. The third kappa shape index (κ3) is 3.47. The number of hydrogen-bond acceptors (Lipinski definition) is 7. The SMILES string of the molecule is O=c1c2cc([N+](=O)[O-])ccc2ncn1Cc1nnnn1-c1ccc(C(F)(F)F)cc1. The fourth-order valence-electron chi connectivity index (χ4n) is 2.82. The number of nitro groups is 1. The minimum absolute atomic E-state index is 0.0419. The van der Waals surface area contributed by atoms with Gasteiger partial charge in [-0.15, -0.1) is 5.10 Å². The summed E-state index contributed by atoms with van der Waals surface area (Å²) in [7, 11) is 0. The number of nitro benzene ring substituents is 1. The van der Waals surface area contributed by atoms with E-state index in [0.717, 1.165) is 22.8 Å². The minimum atomic E-state index is -4.48. The summed E-state index contributed by atoms with van der Waals surface area (Å²) in [6, 6.07) is 7.92. The van der Waals surface area contributed by atoms with E-state index in [4.69, 9.17) is 0 Å². The van der Waals surface area contributed by atoms with E-state index in [1.54, 1.807) is 0 Å². The predicted octanol–water partition coefficient (Wildman–Crippen LogP) is 2.35. The van der Waals surface area contributed by atoms with Gasteiger partial charge < -0.3 is 0 Å². The Hall–Kier alpha value is -4.16. The highest BCUT2D eigenvalue weighted by Gasteiger charge is 2.30. The first-order chi connectivity index (χ1) is 14.2. The van der Waals surface area contributed by atoms with Crippen molar-refractivity contribution in [2.45, 2.75) is 12.7 Å². The third-order valence-electron chi connectivity index (χ3n) is 4.30. The molecule has 0 atom stereocenters. The summed E-state index contributed by atoms with van der Waals surface area (Å²) in [4.78, 5) is 27.2. The number of rotatable bonds is 4. The third-order valence-corrected chi connectivity index (χ3v) is 4.30. The van der Waals surface area contributed by atoms with Gasteiger partial charge in [0.15, 0.2) is 5.82 Å². The van der Waals surface area contributed by atoms with Crippen LogP contribution in [0.4, 0.5) is 18.9 Å². The highest BCUT2D eigenvalue weighted by atomic mass is 19.4. The van der Waals surface area contributed by atoms with E-state index in [0.29, 0.717) is 0 Å². The number of halogens is 3. The molecule has 0 fully saturated rings. The molecule has 13 heteroatoms. The Balaban J connectivity index is 1.70. The zero-order chi connectivity index (χ0) is 21.5. The summed E-state index contributed by atoms with van der Waals surface area (Å²) in [6.07, 6.45) is -3.24. The van der Waals surface area contributed by atoms with Crippen LogP contribution >= 0.6 is 0 Å². The number of benzene rings is 2. The Labute approximate surface area is 164 Å². The monoisotopic (exact) mass is 417 g/mol. The topological polar surface area (TPSA) is 122 Å². The summed E-state index contributed by atoms with van der Waals surface area (Å²) < 4.78 is 40.6. The second-order valence-electron chi connectivity index (χ2n) is 6.19. The van der Waals surface area contributed by atoms with Gasteiger partial charge in [0.1, 0.15) is 0 Å². The van der Waals surface area contributed by atoms with Gasteiger partial charge in [0.2, 0.25) is 0 Å². The minimum Gasteiger partial charge on any atom is -0.291 e. The van der Waals surface area contributed by atoms with Gasteiger partial charge >= 0.3 is 6.18 Å². The lowest BCUT2D eigenvalue weighted by Gasteiger charge is -2.09. The molecule has 0 radical (unpaired) electrons. The first-order valence-corrected chi connectivity index (χ1v) is 8.32. The molecule has 0 aliphatic carbocycles. The van der Waals surface area contributed by atoms with Gasteiger partial charge in [-0.05, 0) is 40.8 Å². The molecular weight excluding hydrogens is 407 g/mol. The largest absolute Gasteiger partial charge is 0.416 e. The van der Waals surface area contributed by atoms with Crippen LogP contribution in [0.1, 0.15) is 11.4 Å². The standard InChI is InChI=1S/C17H10F3N7O3/c18-17(19,20)10-1-3-11(4-2-10)26-15(22-23-24-26)8-25-9-21-14-6-5-12(27(29)30)7-13(14)16(25)28/h1-7,9H,8H2. The number of non-ortho nitro benzene ring substituents is 1. The number of aromatic nitrogens is 6. The lowest BCUT2D eigenvalue weighted by atomic mass is 10.2. The zero-order valence-electron chi connectivity index (χ0n) is 14.8. The van der Waals surface area contributed by atoms with Crippen LogP contribution in [0.5, 0.6) is 0 Å². The van der Waals surface area contributed by atoms with E-state index < -0.39 is 22.2 Å². The van der Waals surface area contributed by atoms with Crippen molar-refractivity contribution in [3.8, 4) is 5.69 Å². The molecule has 0 N–H and O–H groups in total. The van der Waals surface area contributed by atoms with Crippen LogP contribution < -0.4 is 5.56 Å². The molecular formula is C17H10F3N7O3. The fourth-order valence-corrected chi connectivity index (χ4v) is 2.82. The number of fused-ring (bicyclic) bond motifs is 1. The molecule has 0 aliphatic rings. The molecule has 152 valence electrons. The van der Waals surface area contributed by atoms with E-state index >= 15 is 0 Å². The molecule has 2 aromatic heterocycles. The maximum absolute atomic E-state index is 12.7. The number of hydrogen-bond donors (Lipinski definition) is 0. The van der Waals surface area contributed by atoms with Crippen LogP contribution in [0.2, 0.25) is 0 Å². The summed E-state index contributed by atoms with van der Waals surface area (Å²) in [5, 5.41) is 22.1. The second-order valence-corrected chi connectivity index (χ2v) is 6.19. The predicted molar refractivity (Wildman–Crippen MR) is 95.9 cm³/mol. The summed E-state index contributed by atoms with van der Waals surface area (Å²) in [6.45, 7) is -0.154. The van der Waals surface area contributed by atoms with Crippen LogP contribution in [0.15, 0.2) is 53.6 Å². The lowest BCUT2D eigenvalue weighted by Crippen LogP contribution is -2.23. The van der Waals surface area contributed by atoms with Gasteiger partial charge in [0.25, 0.3) is 11.2 Å². The Morgan fingerprint density at radius 1 is 1.10 bits per heavy atom. The number of alkyl halides is 3. The molecule has 2 aromatic carbocycles. The van der Waals surface area contributed by atoms with Crippen molar-refractivity contribution in [1.82, 2.24) is 29.8 Å². The van der Waals surface area contributed by atoms with Crippen molar-refractivity contribution in [2.75, 3.05) is 0 Å². The van der Waals surface area contributed by atoms with Crippen molar-refractivity contribution in [3.63, 3.8) is 0 Å². The molecule has 10 nitrogen and oxygen atoms in total. The Morgan fingerprint density at radius 3 is 2.50 bits per heavy atom. The van der Waals surface area contributed by atoms with Gasteiger partial charge in [0.05, 0.1) is 39.9 Å². The van der Waals surface area contributed by atoms with Crippen molar-refractivity contribution < 1.29 is 18.1 Å². The van der Waals surface area contributed by atoms with Crippen LogP contribution in [0.3, 0.4) is 0 Å². The van der Waals surface area contributed by atoms with E-state index in [-0.39, 0.29) is 34.6 Å². The van der Waals surface area contributed by atoms with Gasteiger partial charge in [-0.2, -0.15) is 17.9 Å². The Kier molecular flexibility index (Phi) is 4.49. The number of nitrogens with zero attached hydrogens (tertiary/aromatic N) is 7. The average molecular weight is 417 g/mol. The van der Waals surface area contributed by atoms with E-state index in [2.05, 4.69) is 20.5 Å². The molecule has 0 saturated heterocycles. The van der Waals surface area contributed by atoms with Crippen molar-refractivity contribution in [1.29, 1.82) is 0 Å². The molecule has 4 aromatic rings. The molecule has 0 spiro atoms. The Bertz CT molecular complexity index is 1310. The molecule has 0 bridgehead atoms. The zero-order valence-corrected chi connectivity index (χ0v) is 14.8.